The Balaban J connectivity index is 1.29. The summed E-state index contributed by atoms with van der Waals surface area (Å²) >= 11 is 1.35. The molecule has 1 amide bonds. The van der Waals surface area contributed by atoms with E-state index >= 15 is 0 Å². The lowest BCUT2D eigenvalue weighted by Crippen LogP contribution is -2.39. The molecule has 2 aromatic rings. The maximum absolute atomic E-state index is 12.1. The second kappa shape index (κ2) is 6.31. The number of carbonyl (C=O) groups is 1. The summed E-state index contributed by atoms with van der Waals surface area (Å²) in [5.41, 5.74) is 0.748. The highest BCUT2D eigenvalue weighted by Gasteiger charge is 2.39. The van der Waals surface area contributed by atoms with E-state index in [1.54, 1.807) is 6.20 Å². The van der Waals surface area contributed by atoms with Gasteiger partial charge in [0.25, 0.3) is 0 Å². The third-order valence-electron chi connectivity index (χ3n) is 4.79. The van der Waals surface area contributed by atoms with Crippen LogP contribution in [0.4, 0.5) is 0 Å². The molecule has 6 nitrogen and oxygen atoms in total. The fourth-order valence-electron chi connectivity index (χ4n) is 3.73. The highest BCUT2D eigenvalue weighted by molar-refractivity contribution is 7.99. The molecule has 0 aromatic carbocycles. The van der Waals surface area contributed by atoms with Gasteiger partial charge in [0, 0.05) is 12.2 Å². The lowest BCUT2D eigenvalue weighted by atomic mass is 9.95. The maximum atomic E-state index is 12.1. The molecular weight excluding hydrogens is 310 g/mol. The van der Waals surface area contributed by atoms with Crippen molar-refractivity contribution >= 4 is 17.7 Å². The van der Waals surface area contributed by atoms with Crippen molar-refractivity contribution in [1.29, 1.82) is 0 Å². The molecule has 2 fully saturated rings. The number of amides is 1. The summed E-state index contributed by atoms with van der Waals surface area (Å²) in [6.45, 7) is 0. The third-order valence-corrected chi connectivity index (χ3v) is 5.64. The van der Waals surface area contributed by atoms with E-state index in [2.05, 4.69) is 25.5 Å². The first-order valence-electron chi connectivity index (χ1n) is 8.04. The number of H-pyrrole nitrogens is 1. The molecule has 2 heterocycles. The number of thioether (sulfide) groups is 1. The summed E-state index contributed by atoms with van der Waals surface area (Å²) in [4.78, 5) is 20.7. The van der Waals surface area contributed by atoms with Gasteiger partial charge >= 0.3 is 0 Å². The predicted octanol–water partition coefficient (Wildman–Crippen LogP) is 2.26. The van der Waals surface area contributed by atoms with Gasteiger partial charge in [-0.3, -0.25) is 14.9 Å². The smallest absolute Gasteiger partial charge is 0.230 e. The Morgan fingerprint density at radius 3 is 3.04 bits per heavy atom. The molecule has 7 heteroatoms. The Morgan fingerprint density at radius 1 is 1.35 bits per heavy atom. The van der Waals surface area contributed by atoms with E-state index in [9.17, 15) is 4.79 Å². The fourth-order valence-corrected chi connectivity index (χ4v) is 4.34. The van der Waals surface area contributed by atoms with Crippen LogP contribution in [0.25, 0.3) is 11.5 Å². The monoisotopic (exact) mass is 329 g/mol. The first kappa shape index (κ1) is 14.7. The van der Waals surface area contributed by atoms with Crippen LogP contribution in [-0.2, 0) is 4.79 Å². The van der Waals surface area contributed by atoms with Crippen LogP contribution in [-0.4, -0.2) is 37.9 Å². The largest absolute Gasteiger partial charge is 0.352 e. The van der Waals surface area contributed by atoms with E-state index in [-0.39, 0.29) is 5.91 Å². The molecule has 120 valence electrons. The van der Waals surface area contributed by atoms with Crippen LogP contribution in [0.5, 0.6) is 0 Å². The summed E-state index contributed by atoms with van der Waals surface area (Å²) < 4.78 is 0. The normalized spacial score (nSPS) is 25.7. The molecule has 2 aliphatic rings. The van der Waals surface area contributed by atoms with Crippen LogP contribution in [0, 0.1) is 11.8 Å². The number of nitrogens with one attached hydrogen (secondary N) is 2. The van der Waals surface area contributed by atoms with Crippen LogP contribution in [0.1, 0.15) is 25.7 Å². The van der Waals surface area contributed by atoms with Crippen LogP contribution in [0.3, 0.4) is 0 Å². The van der Waals surface area contributed by atoms with E-state index in [1.165, 1.54) is 31.0 Å². The zero-order valence-electron chi connectivity index (χ0n) is 12.7. The number of hydrogen-bond donors (Lipinski definition) is 2. The molecule has 0 spiro atoms. The van der Waals surface area contributed by atoms with Gasteiger partial charge in [-0.25, -0.2) is 0 Å². The molecule has 2 aliphatic carbocycles. The van der Waals surface area contributed by atoms with Crippen molar-refractivity contribution in [2.24, 2.45) is 11.8 Å². The van der Waals surface area contributed by atoms with Gasteiger partial charge in [0.2, 0.25) is 11.1 Å². The molecule has 2 aromatic heterocycles. The molecule has 0 radical (unpaired) electrons. The second-order valence-electron chi connectivity index (χ2n) is 6.32. The summed E-state index contributed by atoms with van der Waals surface area (Å²) in [6.07, 6.45) is 6.79. The van der Waals surface area contributed by atoms with Crippen molar-refractivity contribution in [1.82, 2.24) is 25.5 Å². The number of aromatic nitrogens is 4. The average Bonchev–Trinajstić information content (AvgIpc) is 3.30. The van der Waals surface area contributed by atoms with E-state index in [0.29, 0.717) is 28.7 Å². The van der Waals surface area contributed by atoms with Crippen LogP contribution >= 0.6 is 11.8 Å². The second-order valence-corrected chi connectivity index (χ2v) is 7.26. The first-order chi connectivity index (χ1) is 11.3. The minimum Gasteiger partial charge on any atom is -0.352 e. The Labute approximate surface area is 138 Å². The Bertz CT molecular complexity index is 689. The van der Waals surface area contributed by atoms with E-state index in [1.807, 2.05) is 18.2 Å². The van der Waals surface area contributed by atoms with Crippen LogP contribution in [0.2, 0.25) is 0 Å². The van der Waals surface area contributed by atoms with Gasteiger partial charge in [-0.05, 0) is 43.2 Å². The standard InChI is InChI=1S/C16H19N5OS/c22-14(18-13-8-10-4-5-11(13)7-10)9-23-16-19-15(20-21-16)12-3-1-2-6-17-12/h1-3,6,10-11,13H,4-5,7-9H2,(H,18,22)(H,19,20,21)/t10-,11-,13+/m1/s1. The number of nitrogens with zero attached hydrogens (tertiary/aromatic N) is 3. The minimum atomic E-state index is 0.0803. The van der Waals surface area contributed by atoms with Gasteiger partial charge in [0.15, 0.2) is 5.82 Å². The highest BCUT2D eigenvalue weighted by atomic mass is 32.2. The van der Waals surface area contributed by atoms with Crippen molar-refractivity contribution in [2.75, 3.05) is 5.75 Å². The van der Waals surface area contributed by atoms with Gasteiger partial charge in [-0.15, -0.1) is 5.10 Å². The number of rotatable bonds is 5. The summed E-state index contributed by atoms with van der Waals surface area (Å²) in [5, 5.41) is 10.8. The zero-order valence-corrected chi connectivity index (χ0v) is 13.6. The molecule has 4 rings (SSSR count). The van der Waals surface area contributed by atoms with Crippen LogP contribution in [0.15, 0.2) is 29.6 Å². The van der Waals surface area contributed by atoms with Crippen LogP contribution < -0.4 is 5.32 Å². The molecular formula is C16H19N5OS. The summed E-state index contributed by atoms with van der Waals surface area (Å²) in [7, 11) is 0. The lowest BCUT2D eigenvalue weighted by Gasteiger charge is -2.22. The first-order valence-corrected chi connectivity index (χ1v) is 9.02. The average molecular weight is 329 g/mol. The topological polar surface area (TPSA) is 83.6 Å². The molecule has 2 saturated carbocycles. The fraction of sp³-hybridized carbons (Fsp3) is 0.500. The van der Waals surface area contributed by atoms with Gasteiger partial charge in [-0.2, -0.15) is 4.98 Å². The van der Waals surface area contributed by atoms with Gasteiger partial charge in [-0.1, -0.05) is 24.2 Å². The molecule has 0 aliphatic heterocycles. The van der Waals surface area contributed by atoms with Gasteiger partial charge in [0.05, 0.1) is 5.75 Å². The SMILES string of the molecule is O=C(CSc1n[nH]c(-c2ccccn2)n1)N[C@H]1C[C@@H]2CC[C@@H]1C2. The number of hydrogen-bond acceptors (Lipinski definition) is 5. The molecule has 2 bridgehead atoms. The molecule has 2 N–H and O–H groups in total. The molecule has 3 atom stereocenters. The predicted molar refractivity (Wildman–Crippen MR) is 87.7 cm³/mol. The van der Waals surface area contributed by atoms with E-state index in [4.69, 9.17) is 0 Å². The van der Waals surface area contributed by atoms with Crippen molar-refractivity contribution in [3.63, 3.8) is 0 Å². The summed E-state index contributed by atoms with van der Waals surface area (Å²) in [5.74, 6) is 2.60. The highest BCUT2D eigenvalue weighted by Crippen LogP contribution is 2.44. The summed E-state index contributed by atoms with van der Waals surface area (Å²) in [6, 6.07) is 6.02. The maximum Gasteiger partial charge on any atom is 0.230 e. The van der Waals surface area contributed by atoms with Crippen molar-refractivity contribution < 1.29 is 4.79 Å². The molecule has 0 unspecified atom stereocenters. The number of aromatic amines is 1. The number of pyridine rings is 1. The van der Waals surface area contributed by atoms with Gasteiger partial charge in [0.1, 0.15) is 5.69 Å². The Hall–Kier alpha value is -1.89. The zero-order chi connectivity index (χ0) is 15.6. The number of fused-ring (bicyclic) bond motifs is 2. The van der Waals surface area contributed by atoms with Crippen molar-refractivity contribution in [3.05, 3.63) is 24.4 Å². The van der Waals surface area contributed by atoms with Gasteiger partial charge < -0.3 is 5.32 Å². The van der Waals surface area contributed by atoms with Crippen molar-refractivity contribution in [2.45, 2.75) is 36.9 Å². The van der Waals surface area contributed by atoms with E-state index < -0.39 is 0 Å². The minimum absolute atomic E-state index is 0.0803. The van der Waals surface area contributed by atoms with Crippen molar-refractivity contribution in [3.8, 4) is 11.5 Å². The Morgan fingerprint density at radius 2 is 2.30 bits per heavy atom. The quantitative estimate of drug-likeness (QED) is 0.822. The molecule has 0 saturated heterocycles. The third kappa shape index (κ3) is 3.24. The van der Waals surface area contributed by atoms with E-state index in [0.717, 1.165) is 18.0 Å². The lowest BCUT2D eigenvalue weighted by molar-refractivity contribution is -0.119. The number of carbonyl (C=O) groups excluding carboxylic acids is 1. The Kier molecular flexibility index (Phi) is 4.03. The molecule has 23 heavy (non-hydrogen) atoms.